The molecule has 0 fully saturated rings. The van der Waals surface area contributed by atoms with Crippen LogP contribution in [0.3, 0.4) is 0 Å². The Kier molecular flexibility index (Phi) is 17.0. The number of aryl methyl sites for hydroxylation is 2. The van der Waals surface area contributed by atoms with E-state index in [1.54, 1.807) is 23.5 Å². The Morgan fingerprint density at radius 1 is 0.610 bits per heavy atom. The van der Waals surface area contributed by atoms with Crippen LogP contribution in [0.1, 0.15) is 27.7 Å². The van der Waals surface area contributed by atoms with Crippen LogP contribution in [0.4, 0.5) is 0 Å². The lowest BCUT2D eigenvalue weighted by atomic mass is 10.3. The fraction of sp³-hybridized carbons (Fsp3) is 0.294. The lowest BCUT2D eigenvalue weighted by Crippen LogP contribution is -2.03. The molecule has 7 heteroatoms. The van der Waals surface area contributed by atoms with Crippen LogP contribution in [0.5, 0.6) is 0 Å². The molecule has 0 atom stereocenters. The highest BCUT2D eigenvalue weighted by molar-refractivity contribution is 7.99. The summed E-state index contributed by atoms with van der Waals surface area (Å²) >= 11 is 3.47. The van der Waals surface area contributed by atoms with Gasteiger partial charge in [0.05, 0.1) is 35.3 Å². The van der Waals surface area contributed by atoms with Crippen molar-refractivity contribution in [3.63, 3.8) is 0 Å². The van der Waals surface area contributed by atoms with Gasteiger partial charge in [-0.2, -0.15) is 0 Å². The Labute approximate surface area is 254 Å². The van der Waals surface area contributed by atoms with E-state index in [0.717, 1.165) is 46.1 Å². The van der Waals surface area contributed by atoms with E-state index in [4.69, 9.17) is 4.74 Å². The van der Waals surface area contributed by atoms with Gasteiger partial charge >= 0.3 is 0 Å². The van der Waals surface area contributed by atoms with Gasteiger partial charge in [0.2, 0.25) is 0 Å². The number of thioether (sulfide) groups is 2. The fourth-order valence-electron chi connectivity index (χ4n) is 3.60. The molecule has 0 spiro atoms. The molecule has 0 saturated carbocycles. The van der Waals surface area contributed by atoms with Gasteiger partial charge in [0.25, 0.3) is 0 Å². The summed E-state index contributed by atoms with van der Waals surface area (Å²) in [5.74, 6) is 1.79. The average Bonchev–Trinajstić information content (AvgIpc) is 3.53. The third-order valence-corrected chi connectivity index (χ3v) is 7.56. The van der Waals surface area contributed by atoms with Crippen molar-refractivity contribution in [2.45, 2.75) is 38.0 Å². The van der Waals surface area contributed by atoms with E-state index in [1.807, 2.05) is 125 Å². The minimum Gasteiger partial charge on any atom is -0.380 e. The van der Waals surface area contributed by atoms with Crippen LogP contribution >= 0.6 is 23.5 Å². The van der Waals surface area contributed by atoms with Crippen molar-refractivity contribution in [2.24, 2.45) is 14.1 Å². The molecular formula is C34H44N4OS2. The summed E-state index contributed by atoms with van der Waals surface area (Å²) < 4.78 is 10.1. The summed E-state index contributed by atoms with van der Waals surface area (Å²) in [5.41, 5.74) is 4.42. The molecule has 0 amide bonds. The van der Waals surface area contributed by atoms with Crippen LogP contribution < -0.4 is 0 Å². The molecule has 5 aromatic rings. The number of rotatable bonds is 9. The third-order valence-electron chi connectivity index (χ3n) is 5.57. The molecule has 2 heterocycles. The van der Waals surface area contributed by atoms with E-state index < -0.39 is 0 Å². The monoisotopic (exact) mass is 588 g/mol. The first-order chi connectivity index (χ1) is 20.2. The van der Waals surface area contributed by atoms with Gasteiger partial charge in [-0.1, -0.05) is 122 Å². The summed E-state index contributed by atoms with van der Waals surface area (Å²) in [5, 5.41) is 2.07. The number of ether oxygens (including phenoxy) is 1. The normalized spacial score (nSPS) is 10.7. The Hall–Kier alpha value is -3.26. The molecule has 41 heavy (non-hydrogen) atoms. The van der Waals surface area contributed by atoms with Gasteiger partial charge in [-0.3, -0.25) is 0 Å². The second-order valence-electron chi connectivity index (χ2n) is 8.40. The number of benzene rings is 3. The quantitative estimate of drug-likeness (QED) is 0.0976. The minimum atomic E-state index is 0.719. The van der Waals surface area contributed by atoms with Gasteiger partial charge < -0.3 is 13.9 Å². The Balaban J connectivity index is 0.000000348. The molecule has 0 N–H and O–H groups in total. The van der Waals surface area contributed by atoms with Crippen molar-refractivity contribution < 1.29 is 4.74 Å². The first kappa shape index (κ1) is 33.9. The fourth-order valence-corrected chi connectivity index (χ4v) is 5.28. The highest BCUT2D eigenvalue weighted by Gasteiger charge is 2.08. The SMILES string of the molecule is C/C=C\C=C/C.CC.Cn1c(SCCOCCSc2nc3ccccc3n2C)nc2ccccc21.c1ccccc1. The van der Waals surface area contributed by atoms with Crippen LogP contribution in [0.25, 0.3) is 22.1 Å². The molecule has 0 bridgehead atoms. The number of para-hydroxylation sites is 4. The highest BCUT2D eigenvalue weighted by Crippen LogP contribution is 2.23. The van der Waals surface area contributed by atoms with Crippen LogP contribution in [0.2, 0.25) is 0 Å². The molecule has 2 aromatic heterocycles. The van der Waals surface area contributed by atoms with Crippen molar-refractivity contribution in [2.75, 3.05) is 24.7 Å². The van der Waals surface area contributed by atoms with Crippen molar-refractivity contribution >= 4 is 45.6 Å². The number of fused-ring (bicyclic) bond motifs is 2. The molecule has 0 aliphatic rings. The predicted molar refractivity (Wildman–Crippen MR) is 181 cm³/mol. The molecular weight excluding hydrogens is 545 g/mol. The Morgan fingerprint density at radius 3 is 1.32 bits per heavy atom. The maximum Gasteiger partial charge on any atom is 0.168 e. The first-order valence-electron chi connectivity index (χ1n) is 14.1. The van der Waals surface area contributed by atoms with Gasteiger partial charge in [-0.15, -0.1) is 0 Å². The number of allylic oxidation sites excluding steroid dienone is 4. The molecule has 218 valence electrons. The van der Waals surface area contributed by atoms with Crippen LogP contribution in [0, 0.1) is 0 Å². The molecule has 0 unspecified atom stereocenters. The lowest BCUT2D eigenvalue weighted by molar-refractivity contribution is 0.167. The maximum atomic E-state index is 5.79. The number of aromatic nitrogens is 4. The third kappa shape index (κ3) is 11.6. The molecule has 5 rings (SSSR count). The van der Waals surface area contributed by atoms with Crippen LogP contribution in [0.15, 0.2) is 120 Å². The summed E-state index contributed by atoms with van der Waals surface area (Å²) in [6, 6.07) is 28.4. The first-order valence-corrected chi connectivity index (χ1v) is 16.0. The van der Waals surface area contributed by atoms with Gasteiger partial charge in [-0.25, -0.2) is 9.97 Å². The Morgan fingerprint density at radius 2 is 0.976 bits per heavy atom. The Bertz CT molecular complexity index is 1320. The highest BCUT2D eigenvalue weighted by atomic mass is 32.2. The summed E-state index contributed by atoms with van der Waals surface area (Å²) in [6.07, 6.45) is 8.00. The van der Waals surface area contributed by atoms with E-state index in [1.165, 1.54) is 11.0 Å². The second-order valence-corrected chi connectivity index (χ2v) is 10.5. The van der Waals surface area contributed by atoms with E-state index in [0.29, 0.717) is 0 Å². The largest absolute Gasteiger partial charge is 0.380 e. The summed E-state index contributed by atoms with van der Waals surface area (Å²) in [7, 11) is 4.12. The number of hydrogen-bond donors (Lipinski definition) is 0. The zero-order valence-electron chi connectivity index (χ0n) is 25.2. The van der Waals surface area contributed by atoms with Crippen molar-refractivity contribution in [1.29, 1.82) is 0 Å². The van der Waals surface area contributed by atoms with E-state index in [-0.39, 0.29) is 0 Å². The molecule has 0 aliphatic carbocycles. The topological polar surface area (TPSA) is 44.9 Å². The smallest absolute Gasteiger partial charge is 0.168 e. The maximum absolute atomic E-state index is 5.79. The minimum absolute atomic E-state index is 0.719. The van der Waals surface area contributed by atoms with E-state index >= 15 is 0 Å². The predicted octanol–water partition coefficient (Wildman–Crippen LogP) is 9.21. The van der Waals surface area contributed by atoms with Crippen LogP contribution in [-0.2, 0) is 18.8 Å². The second kappa shape index (κ2) is 20.6. The van der Waals surface area contributed by atoms with E-state index in [9.17, 15) is 0 Å². The average molecular weight is 589 g/mol. The molecule has 3 aromatic carbocycles. The number of hydrogen-bond acceptors (Lipinski definition) is 5. The summed E-state index contributed by atoms with van der Waals surface area (Å²) in [6.45, 7) is 9.44. The van der Waals surface area contributed by atoms with Gasteiger partial charge in [0.15, 0.2) is 10.3 Å². The van der Waals surface area contributed by atoms with Crippen LogP contribution in [-0.4, -0.2) is 43.8 Å². The zero-order chi connectivity index (χ0) is 29.7. The van der Waals surface area contributed by atoms with Gasteiger partial charge in [0, 0.05) is 25.6 Å². The van der Waals surface area contributed by atoms with Crippen molar-refractivity contribution in [1.82, 2.24) is 19.1 Å². The summed E-state index contributed by atoms with van der Waals surface area (Å²) in [4.78, 5) is 9.34. The molecule has 5 nitrogen and oxygen atoms in total. The molecule has 0 aliphatic heterocycles. The van der Waals surface area contributed by atoms with Gasteiger partial charge in [-0.05, 0) is 38.1 Å². The van der Waals surface area contributed by atoms with Crippen molar-refractivity contribution in [3.8, 4) is 0 Å². The lowest BCUT2D eigenvalue weighted by Gasteiger charge is -2.05. The van der Waals surface area contributed by atoms with Crippen molar-refractivity contribution in [3.05, 3.63) is 109 Å². The number of nitrogens with zero attached hydrogens (tertiary/aromatic N) is 4. The zero-order valence-corrected chi connectivity index (χ0v) is 26.9. The van der Waals surface area contributed by atoms with Gasteiger partial charge in [0.1, 0.15) is 0 Å². The standard InChI is InChI=1S/C20H22N4OS2.C6H6.C6H10.C2H6/c1-23-17-9-5-3-7-15(17)21-19(23)26-13-11-25-12-14-27-20-22-16-8-4-6-10-18(16)24(20)2;1-2-4-6-5-3-1;1-3-5-6-4-2;1-2/h3-10H,11-14H2,1-2H3;1-6H;3-6H,1-2H3;1-2H3/b;;5-3-,6-4-;. The molecule has 0 saturated heterocycles. The molecule has 0 radical (unpaired) electrons. The van der Waals surface area contributed by atoms with E-state index in [2.05, 4.69) is 45.3 Å². The number of imidazole rings is 2.